The van der Waals surface area contributed by atoms with Crippen molar-refractivity contribution in [3.05, 3.63) is 33.8 Å². The molecule has 1 aromatic rings. The molecule has 1 N–H and O–H groups in total. The number of rotatable bonds is 2. The maximum absolute atomic E-state index is 10.8. The van der Waals surface area contributed by atoms with Crippen molar-refractivity contribution in [3.8, 4) is 0 Å². The molecular formula is C9H8BrClO2. The van der Waals surface area contributed by atoms with E-state index in [1.165, 1.54) is 0 Å². The second kappa shape index (κ2) is 4.11. The lowest BCUT2D eigenvalue weighted by molar-refractivity contribution is 0.0695. The van der Waals surface area contributed by atoms with Crippen molar-refractivity contribution in [2.24, 2.45) is 0 Å². The van der Waals surface area contributed by atoms with Crippen LogP contribution in [0.1, 0.15) is 21.5 Å². The highest BCUT2D eigenvalue weighted by Crippen LogP contribution is 2.22. The summed E-state index contributed by atoms with van der Waals surface area (Å²) in [6.07, 6.45) is 0. The Bertz CT molecular complexity index is 350. The minimum Gasteiger partial charge on any atom is -0.478 e. The summed E-state index contributed by atoms with van der Waals surface area (Å²) in [5.41, 5.74) is 1.73. The number of hydrogen-bond donors (Lipinski definition) is 1. The SMILES string of the molecule is Cc1cc(Cl)cc(CBr)c1C(=O)O. The zero-order valence-corrected chi connectivity index (χ0v) is 9.32. The van der Waals surface area contributed by atoms with Crippen molar-refractivity contribution < 1.29 is 9.90 Å². The number of carboxylic acid groups (broad SMARTS) is 1. The summed E-state index contributed by atoms with van der Waals surface area (Å²) < 4.78 is 0. The largest absolute Gasteiger partial charge is 0.478 e. The topological polar surface area (TPSA) is 37.3 Å². The van der Waals surface area contributed by atoms with E-state index in [4.69, 9.17) is 16.7 Å². The van der Waals surface area contributed by atoms with Gasteiger partial charge in [-0.2, -0.15) is 0 Å². The van der Waals surface area contributed by atoms with Gasteiger partial charge in [0.2, 0.25) is 0 Å². The Morgan fingerprint density at radius 1 is 1.62 bits per heavy atom. The van der Waals surface area contributed by atoms with Crippen molar-refractivity contribution in [1.29, 1.82) is 0 Å². The maximum atomic E-state index is 10.8. The molecule has 0 saturated heterocycles. The number of alkyl halides is 1. The molecule has 2 nitrogen and oxygen atoms in total. The number of hydrogen-bond acceptors (Lipinski definition) is 1. The fourth-order valence-corrected chi connectivity index (χ4v) is 1.96. The highest BCUT2D eigenvalue weighted by Gasteiger charge is 2.13. The van der Waals surface area contributed by atoms with Gasteiger partial charge in [-0.3, -0.25) is 0 Å². The summed E-state index contributed by atoms with van der Waals surface area (Å²) in [6, 6.07) is 3.31. The Balaban J connectivity index is 3.38. The molecule has 0 amide bonds. The van der Waals surface area contributed by atoms with E-state index in [2.05, 4.69) is 15.9 Å². The highest BCUT2D eigenvalue weighted by molar-refractivity contribution is 9.08. The van der Waals surface area contributed by atoms with Crippen LogP contribution >= 0.6 is 27.5 Å². The minimum atomic E-state index is -0.913. The lowest BCUT2D eigenvalue weighted by Crippen LogP contribution is -2.04. The number of benzene rings is 1. The molecule has 4 heteroatoms. The molecule has 0 aliphatic heterocycles. The molecule has 0 aromatic heterocycles. The van der Waals surface area contributed by atoms with Gasteiger partial charge in [0.25, 0.3) is 0 Å². The van der Waals surface area contributed by atoms with Crippen LogP contribution in [0, 0.1) is 6.92 Å². The molecule has 0 radical (unpaired) electrons. The molecule has 0 unspecified atom stereocenters. The van der Waals surface area contributed by atoms with E-state index >= 15 is 0 Å². The standard InChI is InChI=1S/C9H8BrClO2/c1-5-2-7(11)3-6(4-10)8(5)9(12)13/h2-3H,4H2,1H3,(H,12,13). The average Bonchev–Trinajstić information content (AvgIpc) is 2.01. The molecule has 1 rings (SSSR count). The fraction of sp³-hybridized carbons (Fsp3) is 0.222. The third-order valence-corrected chi connectivity index (χ3v) is 2.56. The lowest BCUT2D eigenvalue weighted by Gasteiger charge is -2.06. The van der Waals surface area contributed by atoms with Gasteiger partial charge in [0.05, 0.1) is 5.56 Å². The number of carboxylic acids is 1. The number of carbonyl (C=O) groups is 1. The van der Waals surface area contributed by atoms with Gasteiger partial charge < -0.3 is 5.11 Å². The van der Waals surface area contributed by atoms with Gasteiger partial charge in [-0.15, -0.1) is 0 Å². The highest BCUT2D eigenvalue weighted by atomic mass is 79.9. The van der Waals surface area contributed by atoms with E-state index in [0.29, 0.717) is 27.0 Å². The van der Waals surface area contributed by atoms with Crippen LogP contribution in [0.15, 0.2) is 12.1 Å². The van der Waals surface area contributed by atoms with Crippen molar-refractivity contribution in [2.75, 3.05) is 0 Å². The molecular weight excluding hydrogens is 255 g/mol. The third-order valence-electron chi connectivity index (χ3n) is 1.74. The molecule has 0 fully saturated rings. The summed E-state index contributed by atoms with van der Waals surface area (Å²) >= 11 is 9.01. The Hall–Kier alpha value is -0.540. The quantitative estimate of drug-likeness (QED) is 0.832. The van der Waals surface area contributed by atoms with Crippen LogP contribution in [0.2, 0.25) is 5.02 Å². The second-order valence-corrected chi connectivity index (χ2v) is 3.69. The van der Waals surface area contributed by atoms with E-state index in [-0.39, 0.29) is 0 Å². The molecule has 1 aromatic carbocycles. The molecule has 0 bridgehead atoms. The third kappa shape index (κ3) is 2.23. The summed E-state index contributed by atoms with van der Waals surface area (Å²) in [4.78, 5) is 10.8. The first-order chi connectivity index (χ1) is 6.06. The molecule has 0 heterocycles. The van der Waals surface area contributed by atoms with E-state index in [9.17, 15) is 4.79 Å². The predicted molar refractivity (Wildman–Crippen MR) is 55.8 cm³/mol. The molecule has 0 atom stereocenters. The van der Waals surface area contributed by atoms with Crippen LogP contribution in [-0.4, -0.2) is 11.1 Å². The van der Waals surface area contributed by atoms with Crippen molar-refractivity contribution in [2.45, 2.75) is 12.3 Å². The smallest absolute Gasteiger partial charge is 0.336 e. The molecule has 70 valence electrons. The van der Waals surface area contributed by atoms with Crippen LogP contribution < -0.4 is 0 Å². The van der Waals surface area contributed by atoms with Crippen LogP contribution in [0.4, 0.5) is 0 Å². The van der Waals surface area contributed by atoms with E-state index in [1.54, 1.807) is 19.1 Å². The van der Waals surface area contributed by atoms with Gasteiger partial charge in [-0.1, -0.05) is 27.5 Å². The first kappa shape index (κ1) is 10.5. The average molecular weight is 264 g/mol. The van der Waals surface area contributed by atoms with Crippen LogP contribution in [-0.2, 0) is 5.33 Å². The number of aromatic carboxylic acids is 1. The van der Waals surface area contributed by atoms with Crippen molar-refractivity contribution in [3.63, 3.8) is 0 Å². The summed E-state index contributed by atoms with van der Waals surface area (Å²) in [5.74, 6) is -0.913. The number of halogens is 2. The molecule has 0 spiro atoms. The number of aryl methyl sites for hydroxylation is 1. The van der Waals surface area contributed by atoms with Gasteiger partial charge in [0.1, 0.15) is 0 Å². The fourth-order valence-electron chi connectivity index (χ4n) is 1.22. The van der Waals surface area contributed by atoms with Crippen LogP contribution in [0.25, 0.3) is 0 Å². The Kier molecular flexibility index (Phi) is 3.33. The van der Waals surface area contributed by atoms with Crippen molar-refractivity contribution in [1.82, 2.24) is 0 Å². The summed E-state index contributed by atoms with van der Waals surface area (Å²) in [6.45, 7) is 1.74. The van der Waals surface area contributed by atoms with Gasteiger partial charge in [0.15, 0.2) is 0 Å². The molecule has 0 saturated carbocycles. The van der Waals surface area contributed by atoms with E-state index < -0.39 is 5.97 Å². The Morgan fingerprint density at radius 2 is 2.23 bits per heavy atom. The molecule has 0 aliphatic carbocycles. The zero-order chi connectivity index (χ0) is 10.0. The van der Waals surface area contributed by atoms with Gasteiger partial charge in [-0.05, 0) is 30.2 Å². The Morgan fingerprint density at radius 3 is 2.69 bits per heavy atom. The van der Waals surface area contributed by atoms with E-state index in [1.807, 2.05) is 0 Å². The van der Waals surface area contributed by atoms with Gasteiger partial charge >= 0.3 is 5.97 Å². The second-order valence-electron chi connectivity index (χ2n) is 2.70. The van der Waals surface area contributed by atoms with E-state index in [0.717, 1.165) is 0 Å². The first-order valence-electron chi connectivity index (χ1n) is 3.64. The lowest BCUT2D eigenvalue weighted by atomic mass is 10.0. The Labute approximate surface area is 89.7 Å². The first-order valence-corrected chi connectivity index (χ1v) is 5.14. The van der Waals surface area contributed by atoms with Gasteiger partial charge in [0, 0.05) is 10.4 Å². The monoisotopic (exact) mass is 262 g/mol. The van der Waals surface area contributed by atoms with Crippen molar-refractivity contribution >= 4 is 33.5 Å². The van der Waals surface area contributed by atoms with Crippen LogP contribution in [0.5, 0.6) is 0 Å². The minimum absolute atomic E-state index is 0.335. The summed E-state index contributed by atoms with van der Waals surface area (Å²) in [7, 11) is 0. The van der Waals surface area contributed by atoms with Crippen LogP contribution in [0.3, 0.4) is 0 Å². The molecule has 0 aliphatic rings. The summed E-state index contributed by atoms with van der Waals surface area (Å²) in [5, 5.41) is 9.97. The van der Waals surface area contributed by atoms with Gasteiger partial charge in [-0.25, -0.2) is 4.79 Å². The molecule has 13 heavy (non-hydrogen) atoms. The maximum Gasteiger partial charge on any atom is 0.336 e. The predicted octanol–water partition coefficient (Wildman–Crippen LogP) is 3.24. The normalized spacial score (nSPS) is 10.1. The zero-order valence-electron chi connectivity index (χ0n) is 6.97.